The highest BCUT2D eigenvalue weighted by atomic mass is 16.5. The second-order valence-electron chi connectivity index (χ2n) is 4.02. The number of carbonyl (C=O) groups excluding carboxylic acids is 2. The van der Waals surface area contributed by atoms with Crippen LogP contribution in [0, 0.1) is 0 Å². The molecule has 0 saturated heterocycles. The molecule has 22 heavy (non-hydrogen) atoms. The van der Waals surface area contributed by atoms with E-state index in [2.05, 4.69) is 9.47 Å². The molecular formula is C16H16O6. The highest BCUT2D eigenvalue weighted by Crippen LogP contribution is 2.16. The summed E-state index contributed by atoms with van der Waals surface area (Å²) in [5.41, 5.74) is 0.380. The molecule has 0 bridgehead atoms. The number of rotatable bonds is 2. The Balaban J connectivity index is 0.000000220. The summed E-state index contributed by atoms with van der Waals surface area (Å²) in [6, 6.07) is 12.5. The van der Waals surface area contributed by atoms with Crippen molar-refractivity contribution in [2.45, 2.75) is 0 Å². The molecule has 0 aliphatic carbocycles. The van der Waals surface area contributed by atoms with Crippen molar-refractivity contribution in [3.05, 3.63) is 59.7 Å². The normalized spacial score (nSPS) is 9.18. The van der Waals surface area contributed by atoms with Gasteiger partial charge in [0.15, 0.2) is 0 Å². The Kier molecular flexibility index (Phi) is 6.43. The fourth-order valence-electron chi connectivity index (χ4n) is 1.51. The summed E-state index contributed by atoms with van der Waals surface area (Å²) < 4.78 is 8.84. The predicted molar refractivity (Wildman–Crippen MR) is 78.9 cm³/mol. The smallest absolute Gasteiger partial charge is 0.341 e. The molecule has 0 fully saturated rings. The number of phenolic OH excluding ortho intramolecular Hbond substituents is 2. The number of methoxy groups -OCH3 is 2. The molecular weight excluding hydrogens is 288 g/mol. The zero-order chi connectivity index (χ0) is 16.5. The first-order valence-electron chi connectivity index (χ1n) is 6.23. The van der Waals surface area contributed by atoms with E-state index in [9.17, 15) is 9.59 Å². The molecule has 0 atom stereocenters. The topological polar surface area (TPSA) is 93.1 Å². The van der Waals surface area contributed by atoms with E-state index in [4.69, 9.17) is 10.2 Å². The van der Waals surface area contributed by atoms with Crippen molar-refractivity contribution >= 4 is 11.9 Å². The van der Waals surface area contributed by atoms with Gasteiger partial charge in [0.05, 0.1) is 14.2 Å². The molecule has 2 N–H and O–H groups in total. The molecule has 0 aliphatic rings. The zero-order valence-corrected chi connectivity index (χ0v) is 12.1. The third-order valence-corrected chi connectivity index (χ3v) is 2.62. The molecule has 0 amide bonds. The minimum absolute atomic E-state index is 0.0562. The number of hydrogen-bond donors (Lipinski definition) is 2. The number of benzene rings is 2. The lowest BCUT2D eigenvalue weighted by Gasteiger charge is -1.99. The highest BCUT2D eigenvalue weighted by molar-refractivity contribution is 5.92. The monoisotopic (exact) mass is 304 g/mol. The first kappa shape index (κ1) is 17.0. The van der Waals surface area contributed by atoms with Gasteiger partial charge >= 0.3 is 11.9 Å². The number of para-hydroxylation sites is 2. The van der Waals surface area contributed by atoms with Crippen molar-refractivity contribution in [2.75, 3.05) is 14.2 Å². The van der Waals surface area contributed by atoms with E-state index >= 15 is 0 Å². The van der Waals surface area contributed by atoms with E-state index < -0.39 is 11.9 Å². The summed E-state index contributed by atoms with van der Waals surface area (Å²) >= 11 is 0. The van der Waals surface area contributed by atoms with Crippen LogP contribution >= 0.6 is 0 Å². The molecule has 116 valence electrons. The van der Waals surface area contributed by atoms with E-state index in [0.717, 1.165) is 0 Å². The second kappa shape index (κ2) is 8.31. The fourth-order valence-corrected chi connectivity index (χ4v) is 1.51. The van der Waals surface area contributed by atoms with Gasteiger partial charge in [0.2, 0.25) is 0 Å². The second-order valence-corrected chi connectivity index (χ2v) is 4.02. The van der Waals surface area contributed by atoms with Crippen LogP contribution in [-0.4, -0.2) is 36.4 Å². The summed E-state index contributed by atoms with van der Waals surface area (Å²) in [6.45, 7) is 0. The maximum absolute atomic E-state index is 10.9. The quantitative estimate of drug-likeness (QED) is 0.827. The molecule has 2 aromatic carbocycles. The van der Waals surface area contributed by atoms with Crippen molar-refractivity contribution < 1.29 is 29.3 Å². The van der Waals surface area contributed by atoms with Gasteiger partial charge in [-0.25, -0.2) is 9.59 Å². The van der Waals surface area contributed by atoms with E-state index in [-0.39, 0.29) is 22.6 Å². The summed E-state index contributed by atoms with van der Waals surface area (Å²) in [5.74, 6) is -1.16. The molecule has 0 aliphatic heterocycles. The van der Waals surface area contributed by atoms with Crippen LogP contribution in [0.5, 0.6) is 11.5 Å². The minimum Gasteiger partial charge on any atom is -0.507 e. The molecule has 0 unspecified atom stereocenters. The lowest BCUT2D eigenvalue weighted by atomic mass is 10.2. The van der Waals surface area contributed by atoms with Gasteiger partial charge in [0.1, 0.15) is 22.6 Å². The third kappa shape index (κ3) is 4.52. The summed E-state index contributed by atoms with van der Waals surface area (Å²) in [6.07, 6.45) is 0. The number of hydrogen-bond acceptors (Lipinski definition) is 6. The Morgan fingerprint density at radius 2 is 1.05 bits per heavy atom. The summed E-state index contributed by atoms with van der Waals surface area (Å²) in [7, 11) is 2.55. The Morgan fingerprint density at radius 3 is 1.32 bits per heavy atom. The van der Waals surface area contributed by atoms with Crippen molar-refractivity contribution in [1.82, 2.24) is 0 Å². The number of esters is 2. The molecule has 0 spiro atoms. The van der Waals surface area contributed by atoms with Crippen LogP contribution < -0.4 is 0 Å². The van der Waals surface area contributed by atoms with E-state index in [1.807, 2.05) is 0 Å². The predicted octanol–water partition coefficient (Wildman–Crippen LogP) is 2.36. The van der Waals surface area contributed by atoms with Crippen molar-refractivity contribution in [1.29, 1.82) is 0 Å². The molecule has 0 radical (unpaired) electrons. The van der Waals surface area contributed by atoms with E-state index in [1.165, 1.54) is 38.5 Å². The van der Waals surface area contributed by atoms with Gasteiger partial charge in [0.25, 0.3) is 0 Å². The standard InChI is InChI=1S/2C8H8O3/c2*1-11-8(10)6-4-2-3-5-7(6)9/h2*2-5,9H,1H3. The molecule has 0 heterocycles. The van der Waals surface area contributed by atoms with Gasteiger partial charge < -0.3 is 19.7 Å². The fraction of sp³-hybridized carbons (Fsp3) is 0.125. The maximum Gasteiger partial charge on any atom is 0.341 e. The van der Waals surface area contributed by atoms with E-state index in [1.54, 1.807) is 24.3 Å². The third-order valence-electron chi connectivity index (χ3n) is 2.62. The van der Waals surface area contributed by atoms with Gasteiger partial charge in [-0.15, -0.1) is 0 Å². The average molecular weight is 304 g/mol. The molecule has 0 saturated carbocycles. The number of phenols is 2. The maximum atomic E-state index is 10.9. The Labute approximate surface area is 127 Å². The van der Waals surface area contributed by atoms with Gasteiger partial charge in [-0.3, -0.25) is 0 Å². The number of ether oxygens (including phenoxy) is 2. The Bertz CT molecular complexity index is 593. The van der Waals surface area contributed by atoms with Crippen LogP contribution in [0.2, 0.25) is 0 Å². The van der Waals surface area contributed by atoms with Crippen LogP contribution in [0.1, 0.15) is 20.7 Å². The van der Waals surface area contributed by atoms with E-state index in [0.29, 0.717) is 0 Å². The molecule has 2 rings (SSSR count). The van der Waals surface area contributed by atoms with Crippen molar-refractivity contribution in [2.24, 2.45) is 0 Å². The first-order valence-corrected chi connectivity index (χ1v) is 6.23. The SMILES string of the molecule is COC(=O)c1ccccc1O.COC(=O)c1ccccc1O. The lowest BCUT2D eigenvalue weighted by Crippen LogP contribution is -2.00. The highest BCUT2D eigenvalue weighted by Gasteiger charge is 2.09. The molecule has 0 aromatic heterocycles. The van der Waals surface area contributed by atoms with Gasteiger partial charge in [-0.2, -0.15) is 0 Å². The zero-order valence-electron chi connectivity index (χ0n) is 12.1. The largest absolute Gasteiger partial charge is 0.507 e. The molecule has 2 aromatic rings. The van der Waals surface area contributed by atoms with Crippen molar-refractivity contribution in [3.8, 4) is 11.5 Å². The van der Waals surface area contributed by atoms with Crippen LogP contribution in [0.25, 0.3) is 0 Å². The molecule has 6 heteroatoms. The van der Waals surface area contributed by atoms with Gasteiger partial charge in [-0.05, 0) is 24.3 Å². The summed E-state index contributed by atoms with van der Waals surface area (Å²) in [5, 5.41) is 18.2. The van der Waals surface area contributed by atoms with Crippen LogP contribution in [0.3, 0.4) is 0 Å². The van der Waals surface area contributed by atoms with Gasteiger partial charge in [-0.1, -0.05) is 24.3 Å². The lowest BCUT2D eigenvalue weighted by molar-refractivity contribution is 0.0588. The first-order chi connectivity index (χ1) is 10.5. The Morgan fingerprint density at radius 1 is 0.727 bits per heavy atom. The Hall–Kier alpha value is -3.02. The van der Waals surface area contributed by atoms with Gasteiger partial charge in [0, 0.05) is 0 Å². The average Bonchev–Trinajstić information content (AvgIpc) is 2.55. The minimum atomic E-state index is -0.525. The number of carbonyl (C=O) groups is 2. The van der Waals surface area contributed by atoms with Crippen LogP contribution in [-0.2, 0) is 9.47 Å². The van der Waals surface area contributed by atoms with Crippen LogP contribution in [0.15, 0.2) is 48.5 Å². The number of aromatic hydroxyl groups is 2. The molecule has 6 nitrogen and oxygen atoms in total. The van der Waals surface area contributed by atoms with Crippen LogP contribution in [0.4, 0.5) is 0 Å². The van der Waals surface area contributed by atoms with Crippen molar-refractivity contribution in [3.63, 3.8) is 0 Å². The summed E-state index contributed by atoms with van der Waals surface area (Å²) in [4.78, 5) is 21.7.